The fourth-order valence-electron chi connectivity index (χ4n) is 1.68. The standard InChI is InChI=1S/C14H12BrFN2O/c15-12-7-10(16)5-6-11(12)14(19)18-13-4-2-1-3-9(13)8-17/h1-7H,8,17H2,(H,18,19). The van der Waals surface area contributed by atoms with Crippen LogP contribution in [0.15, 0.2) is 46.9 Å². The van der Waals surface area contributed by atoms with Gasteiger partial charge in [0.1, 0.15) is 5.82 Å². The van der Waals surface area contributed by atoms with Gasteiger partial charge >= 0.3 is 0 Å². The van der Waals surface area contributed by atoms with Gasteiger partial charge in [-0.15, -0.1) is 0 Å². The number of rotatable bonds is 3. The van der Waals surface area contributed by atoms with Crippen molar-refractivity contribution in [3.63, 3.8) is 0 Å². The molecule has 1 amide bonds. The van der Waals surface area contributed by atoms with E-state index in [1.165, 1.54) is 18.2 Å². The van der Waals surface area contributed by atoms with Crippen LogP contribution in [0.1, 0.15) is 15.9 Å². The van der Waals surface area contributed by atoms with Gasteiger partial charge in [-0.3, -0.25) is 4.79 Å². The molecule has 3 nitrogen and oxygen atoms in total. The molecule has 0 unspecified atom stereocenters. The van der Waals surface area contributed by atoms with Crippen molar-refractivity contribution < 1.29 is 9.18 Å². The van der Waals surface area contributed by atoms with Crippen LogP contribution in [0.3, 0.4) is 0 Å². The molecule has 0 aliphatic heterocycles. The minimum atomic E-state index is -0.397. The van der Waals surface area contributed by atoms with Gasteiger partial charge in [-0.25, -0.2) is 4.39 Å². The van der Waals surface area contributed by atoms with Gasteiger partial charge in [0.15, 0.2) is 0 Å². The molecule has 0 bridgehead atoms. The Morgan fingerprint density at radius 3 is 2.68 bits per heavy atom. The van der Waals surface area contributed by atoms with Crippen LogP contribution in [0.5, 0.6) is 0 Å². The summed E-state index contributed by atoms with van der Waals surface area (Å²) in [4.78, 5) is 12.1. The zero-order chi connectivity index (χ0) is 13.8. The Morgan fingerprint density at radius 1 is 1.26 bits per heavy atom. The monoisotopic (exact) mass is 322 g/mol. The third-order valence-electron chi connectivity index (χ3n) is 2.66. The third kappa shape index (κ3) is 3.19. The molecule has 2 aromatic carbocycles. The predicted molar refractivity (Wildman–Crippen MR) is 76.4 cm³/mol. The topological polar surface area (TPSA) is 55.1 Å². The Balaban J connectivity index is 2.26. The molecule has 0 heterocycles. The van der Waals surface area contributed by atoms with Gasteiger partial charge in [-0.05, 0) is 45.8 Å². The van der Waals surface area contributed by atoms with E-state index >= 15 is 0 Å². The molecule has 19 heavy (non-hydrogen) atoms. The van der Waals surface area contributed by atoms with Gasteiger partial charge in [0.05, 0.1) is 5.56 Å². The minimum absolute atomic E-state index is 0.312. The second-order valence-electron chi connectivity index (χ2n) is 3.94. The Hall–Kier alpha value is -1.72. The Morgan fingerprint density at radius 2 is 2.00 bits per heavy atom. The summed E-state index contributed by atoms with van der Waals surface area (Å²) in [6.45, 7) is 0.334. The molecule has 0 atom stereocenters. The van der Waals surface area contributed by atoms with Crippen LogP contribution in [0.2, 0.25) is 0 Å². The van der Waals surface area contributed by atoms with Crippen molar-refractivity contribution in [2.24, 2.45) is 5.73 Å². The number of halogens is 2. The minimum Gasteiger partial charge on any atom is -0.326 e. The highest BCUT2D eigenvalue weighted by Gasteiger charge is 2.12. The van der Waals surface area contributed by atoms with Crippen molar-refractivity contribution in [2.75, 3.05) is 5.32 Å². The van der Waals surface area contributed by atoms with E-state index in [1.807, 2.05) is 18.2 Å². The molecule has 0 saturated heterocycles. The average Bonchev–Trinajstić information content (AvgIpc) is 2.39. The first-order valence-corrected chi connectivity index (χ1v) is 6.45. The van der Waals surface area contributed by atoms with Crippen LogP contribution in [0.25, 0.3) is 0 Å². The summed E-state index contributed by atoms with van der Waals surface area (Å²) in [5, 5.41) is 2.77. The quantitative estimate of drug-likeness (QED) is 0.911. The van der Waals surface area contributed by atoms with Crippen molar-refractivity contribution in [1.29, 1.82) is 0 Å². The number of benzene rings is 2. The molecule has 98 valence electrons. The van der Waals surface area contributed by atoms with E-state index in [2.05, 4.69) is 21.2 Å². The van der Waals surface area contributed by atoms with E-state index in [0.29, 0.717) is 22.3 Å². The molecule has 0 aromatic heterocycles. The van der Waals surface area contributed by atoms with Gasteiger partial charge in [0.25, 0.3) is 5.91 Å². The second kappa shape index (κ2) is 5.95. The Bertz CT molecular complexity index is 616. The van der Waals surface area contributed by atoms with Crippen molar-refractivity contribution in [2.45, 2.75) is 6.54 Å². The number of carbonyl (C=O) groups is 1. The number of nitrogens with two attached hydrogens (primary N) is 1. The van der Waals surface area contributed by atoms with Crippen molar-refractivity contribution in [3.05, 3.63) is 63.9 Å². The highest BCUT2D eigenvalue weighted by molar-refractivity contribution is 9.10. The lowest BCUT2D eigenvalue weighted by Gasteiger charge is -2.10. The first-order valence-electron chi connectivity index (χ1n) is 5.66. The van der Waals surface area contributed by atoms with E-state index < -0.39 is 5.82 Å². The zero-order valence-corrected chi connectivity index (χ0v) is 11.6. The predicted octanol–water partition coefficient (Wildman–Crippen LogP) is 3.30. The van der Waals surface area contributed by atoms with E-state index in [0.717, 1.165) is 5.56 Å². The lowest BCUT2D eigenvalue weighted by molar-refractivity contribution is 0.102. The van der Waals surface area contributed by atoms with Crippen LogP contribution in [0.4, 0.5) is 10.1 Å². The van der Waals surface area contributed by atoms with Crippen LogP contribution in [-0.2, 0) is 6.54 Å². The molecule has 0 aliphatic carbocycles. The molecule has 0 radical (unpaired) electrons. The zero-order valence-electron chi connectivity index (χ0n) is 9.99. The molecule has 3 N–H and O–H groups in total. The molecule has 5 heteroatoms. The maximum Gasteiger partial charge on any atom is 0.256 e. The number of amides is 1. The van der Waals surface area contributed by atoms with E-state index in [4.69, 9.17) is 5.73 Å². The molecule has 0 saturated carbocycles. The molecule has 0 aliphatic rings. The van der Waals surface area contributed by atoms with E-state index in [9.17, 15) is 9.18 Å². The lowest BCUT2D eigenvalue weighted by Crippen LogP contribution is -2.15. The van der Waals surface area contributed by atoms with Crippen molar-refractivity contribution in [1.82, 2.24) is 0 Å². The number of hydrogen-bond donors (Lipinski definition) is 2. The van der Waals surface area contributed by atoms with E-state index in [-0.39, 0.29) is 5.91 Å². The number of nitrogens with one attached hydrogen (secondary N) is 1. The Kier molecular flexibility index (Phi) is 4.29. The van der Waals surface area contributed by atoms with Gasteiger partial charge in [-0.1, -0.05) is 18.2 Å². The number of para-hydroxylation sites is 1. The largest absolute Gasteiger partial charge is 0.326 e. The Labute approximate surface area is 118 Å². The second-order valence-corrected chi connectivity index (χ2v) is 4.79. The molecule has 2 aromatic rings. The van der Waals surface area contributed by atoms with Crippen molar-refractivity contribution >= 4 is 27.5 Å². The molecular formula is C14H12BrFN2O. The number of hydrogen-bond acceptors (Lipinski definition) is 2. The maximum atomic E-state index is 13.0. The first-order chi connectivity index (χ1) is 9.11. The molecule has 0 fully saturated rings. The summed E-state index contributed by atoms with van der Waals surface area (Å²) in [7, 11) is 0. The lowest BCUT2D eigenvalue weighted by atomic mass is 10.1. The molecule has 2 rings (SSSR count). The van der Waals surface area contributed by atoms with Gasteiger partial charge < -0.3 is 11.1 Å². The summed E-state index contributed by atoms with van der Waals surface area (Å²) in [5.41, 5.74) is 7.47. The third-order valence-corrected chi connectivity index (χ3v) is 3.32. The number of carbonyl (C=O) groups excluding carboxylic acids is 1. The van der Waals surface area contributed by atoms with Crippen LogP contribution >= 0.6 is 15.9 Å². The summed E-state index contributed by atoms with van der Waals surface area (Å²) in [6.07, 6.45) is 0. The van der Waals surface area contributed by atoms with Gasteiger partial charge in [0, 0.05) is 16.7 Å². The number of anilines is 1. The van der Waals surface area contributed by atoms with Crippen LogP contribution in [0, 0.1) is 5.82 Å². The SMILES string of the molecule is NCc1ccccc1NC(=O)c1ccc(F)cc1Br. The maximum absolute atomic E-state index is 13.0. The van der Waals surface area contributed by atoms with Crippen LogP contribution < -0.4 is 11.1 Å². The highest BCUT2D eigenvalue weighted by Crippen LogP contribution is 2.21. The smallest absolute Gasteiger partial charge is 0.256 e. The average molecular weight is 323 g/mol. The summed E-state index contributed by atoms with van der Waals surface area (Å²) >= 11 is 3.17. The van der Waals surface area contributed by atoms with Gasteiger partial charge in [-0.2, -0.15) is 0 Å². The highest BCUT2D eigenvalue weighted by atomic mass is 79.9. The van der Waals surface area contributed by atoms with Gasteiger partial charge in [0.2, 0.25) is 0 Å². The first kappa shape index (κ1) is 13.7. The fraction of sp³-hybridized carbons (Fsp3) is 0.0714. The van der Waals surface area contributed by atoms with E-state index in [1.54, 1.807) is 6.07 Å². The normalized spacial score (nSPS) is 10.3. The summed E-state index contributed by atoms with van der Waals surface area (Å²) in [6, 6.07) is 11.2. The van der Waals surface area contributed by atoms with Crippen LogP contribution in [-0.4, -0.2) is 5.91 Å². The fourth-order valence-corrected chi connectivity index (χ4v) is 2.21. The molecule has 0 spiro atoms. The summed E-state index contributed by atoms with van der Waals surface area (Å²) < 4.78 is 13.4. The van der Waals surface area contributed by atoms with Crippen molar-refractivity contribution in [3.8, 4) is 0 Å². The molecular weight excluding hydrogens is 311 g/mol. The summed E-state index contributed by atoms with van der Waals surface area (Å²) in [5.74, 6) is -0.710.